The number of hydrogen-bond donors (Lipinski definition) is 4. The average Bonchev–Trinajstić information content (AvgIpc) is 2.37. The lowest BCUT2D eigenvalue weighted by Gasteiger charge is -2.16. The third kappa shape index (κ3) is 2.44. The summed E-state index contributed by atoms with van der Waals surface area (Å²) < 4.78 is 0. The van der Waals surface area contributed by atoms with Crippen molar-refractivity contribution in [2.24, 2.45) is 0 Å². The first-order chi connectivity index (χ1) is 9.00. The van der Waals surface area contributed by atoms with Crippen molar-refractivity contribution >= 4 is 23.0 Å². The molecule has 98 valence electrons. The second-order valence-electron chi connectivity index (χ2n) is 4.26. The van der Waals surface area contributed by atoms with Crippen LogP contribution in [0.5, 0.6) is 0 Å². The van der Waals surface area contributed by atoms with Gasteiger partial charge in [-0.2, -0.15) is 0 Å². The van der Waals surface area contributed by atoms with Gasteiger partial charge in [-0.15, -0.1) is 0 Å². The molecule has 5 heteroatoms. The van der Waals surface area contributed by atoms with E-state index in [0.717, 1.165) is 5.56 Å². The Balaban J connectivity index is 2.72. The number of nitrogens with two attached hydrogens (primary N) is 3. The molecule has 0 saturated carbocycles. The van der Waals surface area contributed by atoms with Crippen LogP contribution in [0.4, 0.5) is 17.1 Å². The van der Waals surface area contributed by atoms with Crippen LogP contribution in [-0.4, -0.2) is 11.1 Å². The van der Waals surface area contributed by atoms with Crippen molar-refractivity contribution in [2.75, 3.05) is 17.2 Å². The van der Waals surface area contributed by atoms with Crippen molar-refractivity contribution in [3.05, 3.63) is 42.0 Å². The Morgan fingerprint density at radius 2 is 1.68 bits per heavy atom. The van der Waals surface area contributed by atoms with Crippen molar-refractivity contribution < 1.29 is 9.90 Å². The van der Waals surface area contributed by atoms with Crippen molar-refractivity contribution in [3.8, 4) is 11.1 Å². The molecule has 19 heavy (non-hydrogen) atoms. The summed E-state index contributed by atoms with van der Waals surface area (Å²) in [6, 6.07) is 10.7. The Morgan fingerprint density at radius 1 is 1.05 bits per heavy atom. The van der Waals surface area contributed by atoms with Crippen molar-refractivity contribution in [1.82, 2.24) is 0 Å². The van der Waals surface area contributed by atoms with Crippen LogP contribution in [0.2, 0.25) is 0 Å². The van der Waals surface area contributed by atoms with Crippen molar-refractivity contribution in [2.45, 2.75) is 6.42 Å². The van der Waals surface area contributed by atoms with Crippen LogP contribution in [0.3, 0.4) is 0 Å². The third-order valence-corrected chi connectivity index (χ3v) is 2.93. The highest BCUT2D eigenvalue weighted by Crippen LogP contribution is 2.37. The molecule has 0 saturated heterocycles. The normalized spacial score (nSPS) is 10.3. The van der Waals surface area contributed by atoms with Gasteiger partial charge >= 0.3 is 5.97 Å². The second-order valence-corrected chi connectivity index (χ2v) is 4.26. The fourth-order valence-electron chi connectivity index (χ4n) is 2.06. The standard InChI is InChI=1S/C14H15N3O2/c15-10-7-11(16)14(17)13(9(10)6-12(18)19)8-4-2-1-3-5-8/h1-5,7H,6,15-17H2,(H,18,19). The number of nitrogen functional groups attached to an aromatic ring is 3. The van der Waals surface area contributed by atoms with E-state index in [1.807, 2.05) is 30.3 Å². The zero-order chi connectivity index (χ0) is 14.0. The number of aliphatic carboxylic acids is 1. The molecule has 0 fully saturated rings. The maximum absolute atomic E-state index is 11.0. The molecule has 2 aromatic carbocycles. The molecule has 0 aliphatic rings. The number of rotatable bonds is 3. The summed E-state index contributed by atoms with van der Waals surface area (Å²) >= 11 is 0. The fourth-order valence-corrected chi connectivity index (χ4v) is 2.06. The molecular formula is C14H15N3O2. The van der Waals surface area contributed by atoms with Gasteiger partial charge in [0.15, 0.2) is 0 Å². The lowest BCUT2D eigenvalue weighted by molar-refractivity contribution is -0.136. The van der Waals surface area contributed by atoms with E-state index in [2.05, 4.69) is 0 Å². The summed E-state index contributed by atoms with van der Waals surface area (Å²) in [5, 5.41) is 9.00. The van der Waals surface area contributed by atoms with E-state index in [1.54, 1.807) is 0 Å². The van der Waals surface area contributed by atoms with Gasteiger partial charge in [-0.3, -0.25) is 4.79 Å². The Labute approximate surface area is 110 Å². The number of hydrogen-bond acceptors (Lipinski definition) is 4. The maximum Gasteiger partial charge on any atom is 0.307 e. The highest BCUT2D eigenvalue weighted by atomic mass is 16.4. The predicted molar refractivity (Wildman–Crippen MR) is 76.5 cm³/mol. The first-order valence-corrected chi connectivity index (χ1v) is 5.74. The molecular weight excluding hydrogens is 242 g/mol. The molecule has 0 heterocycles. The van der Waals surface area contributed by atoms with Crippen LogP contribution in [0, 0.1) is 0 Å². The number of carbonyl (C=O) groups is 1. The molecule has 0 atom stereocenters. The van der Waals surface area contributed by atoms with E-state index >= 15 is 0 Å². The highest BCUT2D eigenvalue weighted by Gasteiger charge is 2.17. The molecule has 0 aromatic heterocycles. The van der Waals surface area contributed by atoms with E-state index in [-0.39, 0.29) is 6.42 Å². The molecule has 5 nitrogen and oxygen atoms in total. The first kappa shape index (κ1) is 12.8. The van der Waals surface area contributed by atoms with E-state index in [1.165, 1.54) is 6.07 Å². The summed E-state index contributed by atoms with van der Waals surface area (Å²) in [6.07, 6.45) is -0.194. The Hall–Kier alpha value is -2.69. The minimum Gasteiger partial charge on any atom is -0.481 e. The molecule has 2 aromatic rings. The smallest absolute Gasteiger partial charge is 0.307 e. The number of anilines is 3. The van der Waals surface area contributed by atoms with Gasteiger partial charge in [0.05, 0.1) is 17.8 Å². The van der Waals surface area contributed by atoms with E-state index in [0.29, 0.717) is 28.2 Å². The number of benzene rings is 2. The van der Waals surface area contributed by atoms with Crippen LogP contribution in [0.15, 0.2) is 36.4 Å². The topological polar surface area (TPSA) is 115 Å². The zero-order valence-electron chi connectivity index (χ0n) is 10.3. The van der Waals surface area contributed by atoms with Gasteiger partial charge in [0.25, 0.3) is 0 Å². The van der Waals surface area contributed by atoms with E-state index in [9.17, 15) is 4.79 Å². The average molecular weight is 257 g/mol. The highest BCUT2D eigenvalue weighted by molar-refractivity contribution is 5.93. The summed E-state index contributed by atoms with van der Waals surface area (Å²) in [7, 11) is 0. The molecule has 0 aliphatic heterocycles. The minimum atomic E-state index is -0.965. The molecule has 0 radical (unpaired) electrons. The van der Waals surface area contributed by atoms with E-state index in [4.69, 9.17) is 22.3 Å². The lowest BCUT2D eigenvalue weighted by atomic mass is 9.93. The molecule has 0 aliphatic carbocycles. The molecule has 2 rings (SSSR count). The SMILES string of the molecule is Nc1cc(N)c(CC(=O)O)c(-c2ccccc2)c1N. The Morgan fingerprint density at radius 3 is 2.26 bits per heavy atom. The monoisotopic (exact) mass is 257 g/mol. The Kier molecular flexibility index (Phi) is 3.29. The predicted octanol–water partition coefficient (Wildman–Crippen LogP) is 1.73. The van der Waals surface area contributed by atoms with Gasteiger partial charge in [0.2, 0.25) is 0 Å². The molecule has 0 amide bonds. The van der Waals surface area contributed by atoms with Gasteiger partial charge < -0.3 is 22.3 Å². The van der Waals surface area contributed by atoms with Crippen LogP contribution in [0.1, 0.15) is 5.56 Å². The van der Waals surface area contributed by atoms with E-state index < -0.39 is 5.97 Å². The minimum absolute atomic E-state index is 0.194. The maximum atomic E-state index is 11.0. The molecule has 0 bridgehead atoms. The largest absolute Gasteiger partial charge is 0.481 e. The van der Waals surface area contributed by atoms with Gasteiger partial charge in [-0.1, -0.05) is 30.3 Å². The van der Waals surface area contributed by atoms with Crippen LogP contribution < -0.4 is 17.2 Å². The van der Waals surface area contributed by atoms with Gasteiger partial charge in [-0.05, 0) is 17.2 Å². The quantitative estimate of drug-likeness (QED) is 0.625. The fraction of sp³-hybridized carbons (Fsp3) is 0.0714. The number of carboxylic acid groups (broad SMARTS) is 1. The molecule has 7 N–H and O–H groups in total. The van der Waals surface area contributed by atoms with Gasteiger partial charge in [0.1, 0.15) is 0 Å². The van der Waals surface area contributed by atoms with Crippen molar-refractivity contribution in [3.63, 3.8) is 0 Å². The Bertz CT molecular complexity index is 624. The van der Waals surface area contributed by atoms with Crippen LogP contribution >= 0.6 is 0 Å². The molecule has 0 spiro atoms. The molecule has 0 unspecified atom stereocenters. The van der Waals surface area contributed by atoms with Crippen LogP contribution in [0.25, 0.3) is 11.1 Å². The van der Waals surface area contributed by atoms with Crippen LogP contribution in [-0.2, 0) is 11.2 Å². The van der Waals surface area contributed by atoms with Gasteiger partial charge in [-0.25, -0.2) is 0 Å². The number of carboxylic acids is 1. The zero-order valence-corrected chi connectivity index (χ0v) is 10.3. The second kappa shape index (κ2) is 4.89. The summed E-state index contributed by atoms with van der Waals surface area (Å²) in [5.41, 5.74) is 20.6. The summed E-state index contributed by atoms with van der Waals surface area (Å²) in [4.78, 5) is 11.0. The summed E-state index contributed by atoms with van der Waals surface area (Å²) in [5.74, 6) is -0.965. The first-order valence-electron chi connectivity index (χ1n) is 5.74. The third-order valence-electron chi connectivity index (χ3n) is 2.93. The van der Waals surface area contributed by atoms with Crippen molar-refractivity contribution in [1.29, 1.82) is 0 Å². The van der Waals surface area contributed by atoms with Gasteiger partial charge in [0, 0.05) is 11.3 Å². The lowest BCUT2D eigenvalue weighted by Crippen LogP contribution is -2.09. The summed E-state index contributed by atoms with van der Waals surface area (Å²) in [6.45, 7) is 0.